The third-order valence-corrected chi connectivity index (χ3v) is 3.81. The number of hydrogen-bond donors (Lipinski definition) is 2. The summed E-state index contributed by atoms with van der Waals surface area (Å²) in [6.07, 6.45) is 4.16. The van der Waals surface area contributed by atoms with Crippen LogP contribution in [0, 0.1) is 0 Å². The minimum Gasteiger partial charge on any atom is -0.329 e. The van der Waals surface area contributed by atoms with Gasteiger partial charge in [0, 0.05) is 43.0 Å². The smallest absolute Gasteiger partial charge is 0.225 e. The number of rotatable bonds is 6. The highest BCUT2D eigenvalue weighted by Gasteiger charge is 2.04. The highest BCUT2D eigenvalue weighted by Crippen LogP contribution is 2.26. The van der Waals surface area contributed by atoms with Crippen LogP contribution in [0.5, 0.6) is 0 Å². The first-order valence-electron chi connectivity index (χ1n) is 6.39. The molecule has 0 spiro atoms. The van der Waals surface area contributed by atoms with Crippen LogP contribution in [0.1, 0.15) is 6.42 Å². The lowest BCUT2D eigenvalue weighted by Crippen LogP contribution is -2.18. The van der Waals surface area contributed by atoms with E-state index in [-0.39, 0.29) is 18.3 Å². The van der Waals surface area contributed by atoms with Gasteiger partial charge >= 0.3 is 0 Å². The van der Waals surface area contributed by atoms with Gasteiger partial charge < -0.3 is 15.2 Å². The van der Waals surface area contributed by atoms with E-state index in [1.807, 2.05) is 49.1 Å². The van der Waals surface area contributed by atoms with Crippen molar-refractivity contribution in [3.63, 3.8) is 0 Å². The monoisotopic (exact) mass is 326 g/mol. The van der Waals surface area contributed by atoms with Crippen LogP contribution >= 0.6 is 24.2 Å². The Morgan fingerprint density at radius 1 is 1.33 bits per heavy atom. The van der Waals surface area contributed by atoms with E-state index in [9.17, 15) is 4.79 Å². The second kappa shape index (κ2) is 8.71. The zero-order valence-corrected chi connectivity index (χ0v) is 13.6. The topological polar surface area (TPSA) is 59.0 Å². The molecule has 0 radical (unpaired) electrons. The van der Waals surface area contributed by atoms with Crippen LogP contribution in [-0.2, 0) is 11.8 Å². The number of carbonyl (C=O) groups is 1. The van der Waals surface area contributed by atoms with Crippen molar-refractivity contribution >= 4 is 35.8 Å². The molecule has 1 aromatic heterocycles. The van der Waals surface area contributed by atoms with E-state index in [1.165, 1.54) is 0 Å². The van der Waals surface area contributed by atoms with Crippen LogP contribution in [-0.4, -0.2) is 29.1 Å². The van der Waals surface area contributed by atoms with Crippen molar-refractivity contribution in [1.29, 1.82) is 0 Å². The van der Waals surface area contributed by atoms with Gasteiger partial charge in [-0.2, -0.15) is 0 Å². The number of nitrogens with one attached hydrogen (secondary N) is 2. The number of carbonyl (C=O) groups excluding carboxylic acids is 1. The summed E-state index contributed by atoms with van der Waals surface area (Å²) in [7, 11) is 3.79. The molecule has 2 aromatic rings. The second-order valence-corrected chi connectivity index (χ2v) is 5.39. The Bertz CT molecular complexity index is 571. The van der Waals surface area contributed by atoms with E-state index in [2.05, 4.69) is 15.6 Å². The van der Waals surface area contributed by atoms with E-state index in [4.69, 9.17) is 0 Å². The third kappa shape index (κ3) is 5.41. The van der Waals surface area contributed by atoms with Gasteiger partial charge in [0.05, 0.1) is 0 Å². The number of amides is 1. The quantitative estimate of drug-likeness (QED) is 0.856. The lowest BCUT2D eigenvalue weighted by Gasteiger charge is -2.06. The lowest BCUT2D eigenvalue weighted by atomic mass is 10.3. The minimum atomic E-state index is 0. The van der Waals surface area contributed by atoms with Crippen molar-refractivity contribution in [1.82, 2.24) is 14.9 Å². The van der Waals surface area contributed by atoms with E-state index in [0.29, 0.717) is 13.0 Å². The van der Waals surface area contributed by atoms with Crippen LogP contribution in [0.4, 0.5) is 5.69 Å². The van der Waals surface area contributed by atoms with E-state index >= 15 is 0 Å². The summed E-state index contributed by atoms with van der Waals surface area (Å²) >= 11 is 1.59. The summed E-state index contributed by atoms with van der Waals surface area (Å²) in [5.74, 6) is 0.0175. The fraction of sp³-hybridized carbons (Fsp3) is 0.286. The Balaban J connectivity index is 0.00000220. The summed E-state index contributed by atoms with van der Waals surface area (Å²) < 4.78 is 1.97. The first-order chi connectivity index (χ1) is 9.69. The lowest BCUT2D eigenvalue weighted by molar-refractivity contribution is -0.116. The Kier molecular flexibility index (Phi) is 7.28. The molecular weight excluding hydrogens is 308 g/mol. The van der Waals surface area contributed by atoms with Gasteiger partial charge in [0.1, 0.15) is 0 Å². The van der Waals surface area contributed by atoms with E-state index in [0.717, 1.165) is 15.7 Å². The highest BCUT2D eigenvalue weighted by molar-refractivity contribution is 7.99. The number of imidazole rings is 1. The van der Waals surface area contributed by atoms with Gasteiger partial charge in [0.25, 0.3) is 0 Å². The molecule has 0 aliphatic heterocycles. The standard InChI is InChI=1S/C14H18N4OS.ClH/c1-15-8-7-13(19)17-11-3-5-12(6-4-11)20-14-16-9-10-18(14)2;/h3-6,9-10,15H,7-8H2,1-2H3,(H,17,19);1H. The molecule has 21 heavy (non-hydrogen) atoms. The Morgan fingerprint density at radius 2 is 2.05 bits per heavy atom. The SMILES string of the molecule is CNCCC(=O)Nc1ccc(Sc2nccn2C)cc1.Cl. The predicted octanol–water partition coefficient (Wildman–Crippen LogP) is 2.54. The van der Waals surface area contributed by atoms with Gasteiger partial charge in [-0.1, -0.05) is 11.8 Å². The van der Waals surface area contributed by atoms with Crippen LogP contribution in [0.25, 0.3) is 0 Å². The number of aryl methyl sites for hydroxylation is 1. The molecule has 0 unspecified atom stereocenters. The summed E-state index contributed by atoms with van der Waals surface area (Å²) in [6, 6.07) is 7.77. The van der Waals surface area contributed by atoms with Gasteiger partial charge in [-0.05, 0) is 31.3 Å². The zero-order chi connectivity index (χ0) is 14.4. The maximum atomic E-state index is 11.6. The first kappa shape index (κ1) is 17.6. The third-order valence-electron chi connectivity index (χ3n) is 2.73. The van der Waals surface area contributed by atoms with Crippen molar-refractivity contribution in [3.8, 4) is 0 Å². The first-order valence-corrected chi connectivity index (χ1v) is 7.20. The molecule has 1 heterocycles. The number of aromatic nitrogens is 2. The second-order valence-electron chi connectivity index (χ2n) is 4.35. The van der Waals surface area contributed by atoms with Crippen molar-refractivity contribution in [2.45, 2.75) is 16.5 Å². The number of benzene rings is 1. The number of hydrogen-bond acceptors (Lipinski definition) is 4. The average Bonchev–Trinajstić information content (AvgIpc) is 2.84. The van der Waals surface area contributed by atoms with Crippen LogP contribution in [0.3, 0.4) is 0 Å². The number of halogens is 1. The van der Waals surface area contributed by atoms with Gasteiger partial charge in [0.15, 0.2) is 5.16 Å². The molecule has 0 saturated carbocycles. The molecule has 7 heteroatoms. The zero-order valence-electron chi connectivity index (χ0n) is 12.0. The van der Waals surface area contributed by atoms with Crippen molar-refractivity contribution in [3.05, 3.63) is 36.7 Å². The largest absolute Gasteiger partial charge is 0.329 e. The van der Waals surface area contributed by atoms with Crippen LogP contribution in [0.2, 0.25) is 0 Å². The van der Waals surface area contributed by atoms with E-state index < -0.39 is 0 Å². The molecule has 0 aliphatic carbocycles. The van der Waals surface area contributed by atoms with Crippen molar-refractivity contribution in [2.24, 2.45) is 7.05 Å². The highest BCUT2D eigenvalue weighted by atomic mass is 35.5. The van der Waals surface area contributed by atoms with Gasteiger partial charge in [-0.3, -0.25) is 4.79 Å². The summed E-state index contributed by atoms with van der Waals surface area (Å²) in [4.78, 5) is 16.9. The molecule has 0 fully saturated rings. The molecule has 114 valence electrons. The normalized spacial score (nSPS) is 10.0. The molecule has 1 amide bonds. The molecule has 0 saturated heterocycles. The average molecular weight is 327 g/mol. The van der Waals surface area contributed by atoms with E-state index in [1.54, 1.807) is 18.0 Å². The molecule has 5 nitrogen and oxygen atoms in total. The van der Waals surface area contributed by atoms with Gasteiger partial charge in [-0.15, -0.1) is 12.4 Å². The van der Waals surface area contributed by atoms with Gasteiger partial charge in [-0.25, -0.2) is 4.98 Å². The molecular formula is C14H19ClN4OS. The van der Waals surface area contributed by atoms with Crippen molar-refractivity contribution in [2.75, 3.05) is 18.9 Å². The maximum absolute atomic E-state index is 11.6. The Hall–Kier alpha value is -1.50. The van der Waals surface area contributed by atoms with Crippen LogP contribution in [0.15, 0.2) is 46.7 Å². The summed E-state index contributed by atoms with van der Waals surface area (Å²) in [5.41, 5.74) is 0.815. The summed E-state index contributed by atoms with van der Waals surface area (Å²) in [5, 5.41) is 6.76. The van der Waals surface area contributed by atoms with Gasteiger partial charge in [0.2, 0.25) is 5.91 Å². The fourth-order valence-electron chi connectivity index (χ4n) is 1.62. The van der Waals surface area contributed by atoms with Crippen LogP contribution < -0.4 is 10.6 Å². The predicted molar refractivity (Wildman–Crippen MR) is 88.2 cm³/mol. The minimum absolute atomic E-state index is 0. The fourth-order valence-corrected chi connectivity index (χ4v) is 2.43. The number of nitrogens with zero attached hydrogens (tertiary/aromatic N) is 2. The van der Waals surface area contributed by atoms with Crippen molar-refractivity contribution < 1.29 is 4.79 Å². The number of anilines is 1. The summed E-state index contributed by atoms with van der Waals surface area (Å²) in [6.45, 7) is 0.679. The Morgan fingerprint density at radius 3 is 2.62 bits per heavy atom. The molecule has 0 aliphatic rings. The molecule has 0 bridgehead atoms. The molecule has 0 atom stereocenters. The molecule has 1 aromatic carbocycles. The Labute approximate surface area is 134 Å². The molecule has 2 rings (SSSR count). The maximum Gasteiger partial charge on any atom is 0.225 e. The molecule has 2 N–H and O–H groups in total.